The largest absolute Gasteiger partial charge is 0.401 e. The number of hydrogen-bond acceptors (Lipinski definition) is 5. The third kappa shape index (κ3) is 4.92. The molecular formula is C25H26F4N6O. The summed E-state index contributed by atoms with van der Waals surface area (Å²) in [6, 6.07) is 7.06. The number of likely N-dealkylation sites (tertiary alicyclic amines) is 1. The van der Waals surface area contributed by atoms with Crippen molar-refractivity contribution in [3.63, 3.8) is 0 Å². The minimum Gasteiger partial charge on any atom is -0.338 e. The lowest BCUT2D eigenvalue weighted by atomic mass is 9.94. The predicted octanol–water partition coefficient (Wildman–Crippen LogP) is 5.04. The molecule has 2 aromatic heterocycles. The van der Waals surface area contributed by atoms with Crippen LogP contribution in [0.3, 0.4) is 0 Å². The van der Waals surface area contributed by atoms with E-state index in [2.05, 4.69) is 20.5 Å². The first kappa shape index (κ1) is 24.2. The van der Waals surface area contributed by atoms with Crippen molar-refractivity contribution in [3.8, 4) is 11.3 Å². The molecule has 1 fully saturated rings. The van der Waals surface area contributed by atoms with E-state index in [1.807, 2.05) is 25.1 Å². The van der Waals surface area contributed by atoms with Gasteiger partial charge in [0.1, 0.15) is 11.6 Å². The van der Waals surface area contributed by atoms with Crippen molar-refractivity contribution in [2.45, 2.75) is 38.9 Å². The van der Waals surface area contributed by atoms with Gasteiger partial charge in [0, 0.05) is 23.2 Å². The Hall–Kier alpha value is -3.47. The monoisotopic (exact) mass is 502 g/mol. The van der Waals surface area contributed by atoms with E-state index in [-0.39, 0.29) is 25.5 Å². The number of rotatable bonds is 4. The van der Waals surface area contributed by atoms with Gasteiger partial charge in [-0.15, -0.1) is 0 Å². The van der Waals surface area contributed by atoms with E-state index in [1.165, 1.54) is 11.0 Å². The van der Waals surface area contributed by atoms with Gasteiger partial charge in [0.2, 0.25) is 5.91 Å². The first-order valence-corrected chi connectivity index (χ1v) is 11.9. The quantitative estimate of drug-likeness (QED) is 0.489. The molecule has 0 atom stereocenters. The van der Waals surface area contributed by atoms with E-state index in [0.717, 1.165) is 29.4 Å². The number of nitrogens with zero attached hydrogens (tertiary/aromatic N) is 4. The number of alkyl halides is 3. The van der Waals surface area contributed by atoms with Crippen molar-refractivity contribution in [2.24, 2.45) is 5.92 Å². The predicted molar refractivity (Wildman–Crippen MR) is 127 cm³/mol. The zero-order chi connectivity index (χ0) is 25.4. The molecule has 0 unspecified atom stereocenters. The van der Waals surface area contributed by atoms with Gasteiger partial charge >= 0.3 is 6.18 Å². The van der Waals surface area contributed by atoms with Gasteiger partial charge in [-0.05, 0) is 62.2 Å². The third-order valence-electron chi connectivity index (χ3n) is 6.80. The van der Waals surface area contributed by atoms with Crippen LogP contribution in [-0.4, -0.2) is 51.8 Å². The first-order chi connectivity index (χ1) is 17.2. The summed E-state index contributed by atoms with van der Waals surface area (Å²) in [6.07, 6.45) is -0.130. The molecule has 11 heteroatoms. The number of benzene rings is 1. The van der Waals surface area contributed by atoms with E-state index in [1.54, 1.807) is 11.1 Å². The molecule has 1 aromatic carbocycles. The molecule has 5 rings (SSSR count). The molecule has 4 heterocycles. The molecule has 2 aliphatic rings. The van der Waals surface area contributed by atoms with Gasteiger partial charge in [0.25, 0.3) is 0 Å². The second-order valence-electron chi connectivity index (χ2n) is 9.23. The first-order valence-electron chi connectivity index (χ1n) is 11.9. The highest BCUT2D eigenvalue weighted by Crippen LogP contribution is 2.41. The van der Waals surface area contributed by atoms with Crippen LogP contribution in [0.4, 0.5) is 34.8 Å². The number of anilines is 3. The van der Waals surface area contributed by atoms with Crippen LogP contribution in [0.15, 0.2) is 36.7 Å². The fraction of sp³-hybridized carbons (Fsp3) is 0.400. The second-order valence-corrected chi connectivity index (χ2v) is 9.23. The van der Waals surface area contributed by atoms with Gasteiger partial charge in [-0.25, -0.2) is 9.37 Å². The molecule has 0 aliphatic carbocycles. The van der Waals surface area contributed by atoms with E-state index in [0.29, 0.717) is 35.6 Å². The zero-order valence-electron chi connectivity index (χ0n) is 19.7. The number of carbonyl (C=O) groups is 1. The molecule has 3 aromatic rings. The fourth-order valence-electron chi connectivity index (χ4n) is 5.01. The Morgan fingerprint density at radius 2 is 1.97 bits per heavy atom. The van der Waals surface area contributed by atoms with Crippen LogP contribution >= 0.6 is 0 Å². The van der Waals surface area contributed by atoms with E-state index >= 15 is 0 Å². The molecule has 2 aliphatic heterocycles. The van der Waals surface area contributed by atoms with Gasteiger partial charge in [-0.1, -0.05) is 6.92 Å². The Morgan fingerprint density at radius 3 is 2.64 bits per heavy atom. The summed E-state index contributed by atoms with van der Waals surface area (Å²) < 4.78 is 52.5. The number of amides is 1. The minimum atomic E-state index is -4.27. The van der Waals surface area contributed by atoms with Crippen LogP contribution < -0.4 is 10.2 Å². The normalized spacial score (nSPS) is 16.8. The van der Waals surface area contributed by atoms with E-state index in [4.69, 9.17) is 0 Å². The number of aryl methyl sites for hydroxylation is 1. The lowest BCUT2D eigenvalue weighted by Crippen LogP contribution is -2.45. The van der Waals surface area contributed by atoms with Crippen molar-refractivity contribution >= 4 is 23.1 Å². The summed E-state index contributed by atoms with van der Waals surface area (Å²) >= 11 is 0. The number of piperidine rings is 1. The summed E-state index contributed by atoms with van der Waals surface area (Å²) in [5.41, 5.74) is 4.50. The van der Waals surface area contributed by atoms with E-state index in [9.17, 15) is 22.4 Å². The Labute approximate surface area is 205 Å². The number of nitrogens with one attached hydrogen (secondary N) is 2. The van der Waals surface area contributed by atoms with Crippen LogP contribution in [0.1, 0.15) is 30.9 Å². The maximum Gasteiger partial charge on any atom is 0.401 e. The van der Waals surface area contributed by atoms with Crippen molar-refractivity contribution in [2.75, 3.05) is 29.9 Å². The number of fused-ring (bicyclic) bond motifs is 2. The van der Waals surface area contributed by atoms with E-state index < -0.39 is 24.5 Å². The van der Waals surface area contributed by atoms with Crippen molar-refractivity contribution in [1.29, 1.82) is 0 Å². The molecular weight excluding hydrogens is 476 g/mol. The average molecular weight is 503 g/mol. The number of H-pyrrole nitrogens is 1. The number of hydrogen-bond donors (Lipinski definition) is 2. The zero-order valence-corrected chi connectivity index (χ0v) is 19.7. The van der Waals surface area contributed by atoms with Crippen molar-refractivity contribution in [1.82, 2.24) is 20.1 Å². The number of pyridine rings is 1. The Kier molecular flexibility index (Phi) is 6.42. The molecule has 7 nitrogen and oxygen atoms in total. The molecule has 0 saturated carbocycles. The van der Waals surface area contributed by atoms with Crippen LogP contribution in [0, 0.1) is 11.7 Å². The number of aromatic nitrogens is 3. The molecule has 0 bridgehead atoms. The number of aromatic amines is 1. The molecule has 1 saturated heterocycles. The molecule has 36 heavy (non-hydrogen) atoms. The summed E-state index contributed by atoms with van der Waals surface area (Å²) in [6.45, 7) is 1.52. The SMILES string of the molecule is CCc1cc2c(cc1-c1ccn[nH]1)N(C(=O)C1CCN(CC(F)(F)F)CC1)Cc1cc(F)cnc1N2. The topological polar surface area (TPSA) is 77.2 Å². The molecule has 1 amide bonds. The lowest BCUT2D eigenvalue weighted by Gasteiger charge is -2.34. The molecule has 0 radical (unpaired) electrons. The van der Waals surface area contributed by atoms with Crippen LogP contribution in [0.5, 0.6) is 0 Å². The highest BCUT2D eigenvalue weighted by atomic mass is 19.4. The Morgan fingerprint density at radius 1 is 1.19 bits per heavy atom. The number of halogens is 4. The fourth-order valence-corrected chi connectivity index (χ4v) is 5.01. The minimum absolute atomic E-state index is 0.0928. The smallest absolute Gasteiger partial charge is 0.338 e. The standard InChI is InChI=1S/C25H26F4N6O/c1-2-15-10-21-22(11-19(15)20-3-6-31-33-20)35(13-17-9-18(26)12-30-23(17)32-21)24(36)16-4-7-34(8-5-16)14-25(27,28)29/h3,6,9-12,16H,2,4-5,7-8,13-14H2,1H3,(H,30,32)(H,31,33). The summed E-state index contributed by atoms with van der Waals surface area (Å²) in [5, 5.41) is 10.3. The number of carbonyl (C=O) groups excluding carboxylic acids is 1. The van der Waals surface area contributed by atoms with Gasteiger partial charge in [0.05, 0.1) is 36.4 Å². The van der Waals surface area contributed by atoms with Gasteiger partial charge in [0.15, 0.2) is 0 Å². The highest BCUT2D eigenvalue weighted by Gasteiger charge is 2.36. The second kappa shape index (κ2) is 9.53. The Balaban J connectivity index is 1.51. The lowest BCUT2D eigenvalue weighted by molar-refractivity contribution is -0.149. The highest BCUT2D eigenvalue weighted by molar-refractivity contribution is 6.01. The van der Waals surface area contributed by atoms with Crippen LogP contribution in [0.2, 0.25) is 0 Å². The van der Waals surface area contributed by atoms with Crippen LogP contribution in [-0.2, 0) is 17.8 Å². The van der Waals surface area contributed by atoms with Crippen molar-refractivity contribution < 1.29 is 22.4 Å². The van der Waals surface area contributed by atoms with Gasteiger partial charge in [-0.2, -0.15) is 18.3 Å². The molecule has 2 N–H and O–H groups in total. The summed E-state index contributed by atoms with van der Waals surface area (Å²) in [5.74, 6) is -0.681. The third-order valence-corrected chi connectivity index (χ3v) is 6.80. The van der Waals surface area contributed by atoms with Crippen molar-refractivity contribution in [3.05, 3.63) is 53.6 Å². The average Bonchev–Trinajstić information content (AvgIpc) is 3.32. The molecule has 190 valence electrons. The van der Waals surface area contributed by atoms with Gasteiger partial charge in [-0.3, -0.25) is 14.8 Å². The summed E-state index contributed by atoms with van der Waals surface area (Å²) in [4.78, 5) is 21.0. The maximum absolute atomic E-state index is 14.1. The summed E-state index contributed by atoms with van der Waals surface area (Å²) in [7, 11) is 0. The molecule has 0 spiro atoms. The van der Waals surface area contributed by atoms with Crippen LogP contribution in [0.25, 0.3) is 11.3 Å². The van der Waals surface area contributed by atoms with Gasteiger partial charge < -0.3 is 10.2 Å². The Bertz CT molecular complexity index is 1250. The maximum atomic E-state index is 14.1.